The van der Waals surface area contributed by atoms with Gasteiger partial charge in [0.25, 0.3) is 0 Å². The summed E-state index contributed by atoms with van der Waals surface area (Å²) < 4.78 is 0. The van der Waals surface area contributed by atoms with E-state index in [2.05, 4.69) is 25.1 Å². The Morgan fingerprint density at radius 3 is 1.25 bits per heavy atom. The molecule has 2 aromatic heterocycles. The number of hydrogen-bond donors (Lipinski definition) is 0. The first kappa shape index (κ1) is 8.19. The lowest BCUT2D eigenvalue weighted by Gasteiger charge is -1.70. The highest BCUT2D eigenvalue weighted by molar-refractivity contribution is 4.70. The number of nitrogens with zero attached hydrogens (tertiary/aromatic N) is 5. The lowest BCUT2D eigenvalue weighted by molar-refractivity contribution is 0.969. The first-order chi connectivity index (χ1) is 6.00. The molecule has 0 bridgehead atoms. The Bertz CT molecular complexity index is 187. The molecule has 2 rings (SSSR count). The van der Waals surface area contributed by atoms with Gasteiger partial charge in [0.2, 0.25) is 0 Å². The molecule has 0 unspecified atom stereocenters. The summed E-state index contributed by atoms with van der Waals surface area (Å²) in [7, 11) is 0. The molecular formula is C7H7N5. The number of aromatic nitrogens is 5. The Labute approximate surface area is 69.6 Å². The van der Waals surface area contributed by atoms with Gasteiger partial charge in [-0.3, -0.25) is 9.97 Å². The fraction of sp³-hybridized carbons (Fsp3) is 0. The van der Waals surface area contributed by atoms with E-state index >= 15 is 0 Å². The minimum atomic E-state index is 1.39. The average Bonchev–Trinajstić information content (AvgIpc) is 2.24. The molecule has 60 valence electrons. The number of hydrogen-bond acceptors (Lipinski definition) is 5. The Balaban J connectivity index is 0.000000120. The molecule has 0 saturated carbocycles. The van der Waals surface area contributed by atoms with Crippen molar-refractivity contribution in [1.29, 1.82) is 0 Å². The van der Waals surface area contributed by atoms with Crippen LogP contribution in [-0.2, 0) is 0 Å². The third-order valence-corrected chi connectivity index (χ3v) is 0.882. The first-order valence-electron chi connectivity index (χ1n) is 3.27. The molecule has 0 radical (unpaired) electrons. The van der Waals surface area contributed by atoms with Crippen LogP contribution in [0.3, 0.4) is 0 Å². The van der Waals surface area contributed by atoms with E-state index in [1.807, 2.05) is 0 Å². The summed E-state index contributed by atoms with van der Waals surface area (Å²) in [5.41, 5.74) is 0. The van der Waals surface area contributed by atoms with E-state index in [-0.39, 0.29) is 0 Å². The first-order valence-corrected chi connectivity index (χ1v) is 3.27. The van der Waals surface area contributed by atoms with E-state index < -0.39 is 0 Å². The lowest BCUT2D eigenvalue weighted by atomic mass is 10.8. The molecule has 0 fully saturated rings. The van der Waals surface area contributed by atoms with Crippen LogP contribution in [0.1, 0.15) is 0 Å². The Kier molecular flexibility index (Phi) is 3.99. The van der Waals surface area contributed by atoms with Crippen LogP contribution in [0.25, 0.3) is 0 Å². The van der Waals surface area contributed by atoms with Crippen molar-refractivity contribution in [3.63, 3.8) is 0 Å². The van der Waals surface area contributed by atoms with Crippen LogP contribution in [0, 0.1) is 0 Å². The standard InChI is InChI=1S/C4H4N2.C3H3N3/c1-2-6-4-3-5-1;1-2-5-6-3-4-1/h1-4H;1-3H. The van der Waals surface area contributed by atoms with Gasteiger partial charge >= 0.3 is 0 Å². The molecule has 2 aromatic rings. The van der Waals surface area contributed by atoms with Gasteiger partial charge in [-0.05, 0) is 0 Å². The molecule has 5 heteroatoms. The maximum atomic E-state index is 3.72. The zero-order valence-corrected chi connectivity index (χ0v) is 6.28. The smallest absolute Gasteiger partial charge is 0.138 e. The molecular weight excluding hydrogens is 154 g/mol. The summed E-state index contributed by atoms with van der Waals surface area (Å²) in [5.74, 6) is 0. The van der Waals surface area contributed by atoms with Crippen LogP contribution in [-0.4, -0.2) is 25.1 Å². The van der Waals surface area contributed by atoms with Crippen LogP contribution in [0.15, 0.2) is 43.5 Å². The van der Waals surface area contributed by atoms with Crippen LogP contribution >= 0.6 is 0 Å². The molecule has 0 aliphatic carbocycles. The van der Waals surface area contributed by atoms with Gasteiger partial charge in [0.1, 0.15) is 6.33 Å². The highest BCUT2D eigenvalue weighted by Crippen LogP contribution is 1.65. The lowest BCUT2D eigenvalue weighted by Crippen LogP contribution is -1.75. The van der Waals surface area contributed by atoms with Gasteiger partial charge in [0.15, 0.2) is 0 Å². The van der Waals surface area contributed by atoms with Gasteiger partial charge in [0.05, 0.1) is 6.20 Å². The minimum absolute atomic E-state index is 1.39. The third-order valence-electron chi connectivity index (χ3n) is 0.882. The molecule has 0 atom stereocenters. The largest absolute Gasteiger partial charge is 0.262 e. The summed E-state index contributed by atoms with van der Waals surface area (Å²) in [6.07, 6.45) is 11.0. The van der Waals surface area contributed by atoms with Crippen LogP contribution in [0.4, 0.5) is 0 Å². The number of rotatable bonds is 0. The van der Waals surface area contributed by atoms with E-state index in [0.717, 1.165) is 0 Å². The Hall–Kier alpha value is -1.91. The SMILES string of the molecule is c1cnccn1.c1cnncn1. The highest BCUT2D eigenvalue weighted by atomic mass is 15.1. The van der Waals surface area contributed by atoms with E-state index in [9.17, 15) is 0 Å². The molecule has 2 heterocycles. The molecule has 5 nitrogen and oxygen atoms in total. The zero-order chi connectivity index (χ0) is 8.49. The molecule has 0 aliphatic heterocycles. The topological polar surface area (TPSA) is 64.5 Å². The van der Waals surface area contributed by atoms with Crippen molar-refractivity contribution in [2.75, 3.05) is 0 Å². The molecule has 12 heavy (non-hydrogen) atoms. The van der Waals surface area contributed by atoms with E-state index in [1.54, 1.807) is 31.0 Å². The van der Waals surface area contributed by atoms with E-state index in [4.69, 9.17) is 0 Å². The van der Waals surface area contributed by atoms with Gasteiger partial charge in [-0.15, -0.1) is 5.10 Å². The zero-order valence-electron chi connectivity index (χ0n) is 6.28. The van der Waals surface area contributed by atoms with Gasteiger partial charge in [-0.1, -0.05) is 0 Å². The predicted molar refractivity (Wildman–Crippen MR) is 41.9 cm³/mol. The van der Waals surface area contributed by atoms with Crippen LogP contribution in [0.5, 0.6) is 0 Å². The summed E-state index contributed by atoms with van der Waals surface area (Å²) in [6.45, 7) is 0. The molecule has 0 N–H and O–H groups in total. The molecule has 0 aromatic carbocycles. The monoisotopic (exact) mass is 161 g/mol. The van der Waals surface area contributed by atoms with Gasteiger partial charge in [0, 0.05) is 31.0 Å². The molecule has 0 amide bonds. The van der Waals surface area contributed by atoms with Gasteiger partial charge in [-0.25, -0.2) is 4.98 Å². The van der Waals surface area contributed by atoms with Crippen molar-refractivity contribution >= 4 is 0 Å². The summed E-state index contributed by atoms with van der Waals surface area (Å²) in [6, 6.07) is 0. The van der Waals surface area contributed by atoms with Crippen molar-refractivity contribution in [3.05, 3.63) is 43.5 Å². The fourth-order valence-electron chi connectivity index (χ4n) is 0.458. The van der Waals surface area contributed by atoms with Gasteiger partial charge < -0.3 is 0 Å². The minimum Gasteiger partial charge on any atom is -0.262 e. The second-order valence-electron chi connectivity index (χ2n) is 1.69. The van der Waals surface area contributed by atoms with Crippen molar-refractivity contribution in [3.8, 4) is 0 Å². The van der Waals surface area contributed by atoms with E-state index in [0.29, 0.717) is 0 Å². The van der Waals surface area contributed by atoms with Crippen molar-refractivity contribution in [1.82, 2.24) is 25.1 Å². The third kappa shape index (κ3) is 3.99. The van der Waals surface area contributed by atoms with Gasteiger partial charge in [-0.2, -0.15) is 5.10 Å². The maximum Gasteiger partial charge on any atom is 0.138 e. The maximum absolute atomic E-state index is 3.72. The summed E-state index contributed by atoms with van der Waals surface area (Å²) in [4.78, 5) is 11.1. The molecule has 0 saturated heterocycles. The second-order valence-corrected chi connectivity index (χ2v) is 1.69. The highest BCUT2D eigenvalue weighted by Gasteiger charge is 1.60. The van der Waals surface area contributed by atoms with Crippen LogP contribution < -0.4 is 0 Å². The predicted octanol–water partition coefficient (Wildman–Crippen LogP) is 0.348. The van der Waals surface area contributed by atoms with Crippen LogP contribution in [0.2, 0.25) is 0 Å². The molecule has 0 aliphatic rings. The molecule has 0 spiro atoms. The normalized spacial score (nSPS) is 8.00. The quantitative estimate of drug-likeness (QED) is 0.557. The van der Waals surface area contributed by atoms with Crippen molar-refractivity contribution < 1.29 is 0 Å². The second kappa shape index (κ2) is 5.84. The Morgan fingerprint density at radius 2 is 1.08 bits per heavy atom. The van der Waals surface area contributed by atoms with Crippen molar-refractivity contribution in [2.45, 2.75) is 0 Å². The Morgan fingerprint density at radius 1 is 0.500 bits per heavy atom. The summed E-state index contributed by atoms with van der Waals surface area (Å²) >= 11 is 0. The van der Waals surface area contributed by atoms with E-state index in [1.165, 1.54) is 12.5 Å². The van der Waals surface area contributed by atoms with Crippen molar-refractivity contribution in [2.24, 2.45) is 0 Å². The summed E-state index contributed by atoms with van der Waals surface area (Å²) in [5, 5.41) is 6.90. The average molecular weight is 161 g/mol. The fourth-order valence-corrected chi connectivity index (χ4v) is 0.458.